The van der Waals surface area contributed by atoms with Crippen molar-refractivity contribution in [3.8, 4) is 0 Å². The predicted molar refractivity (Wildman–Crippen MR) is 144 cm³/mol. The molecule has 7 nitrogen and oxygen atoms in total. The molecule has 198 valence electrons. The average molecular weight is 496 g/mol. The van der Waals surface area contributed by atoms with Gasteiger partial charge in [0.1, 0.15) is 0 Å². The zero-order valence-corrected chi connectivity index (χ0v) is 22.3. The highest BCUT2D eigenvalue weighted by Crippen LogP contribution is 2.43. The molecule has 1 N–H and O–H groups in total. The number of hydrogen-bond acceptors (Lipinski definition) is 5. The van der Waals surface area contributed by atoms with Crippen molar-refractivity contribution in [1.82, 2.24) is 20.0 Å². The molecule has 36 heavy (non-hydrogen) atoms. The van der Waals surface area contributed by atoms with E-state index >= 15 is 0 Å². The second-order valence-corrected chi connectivity index (χ2v) is 11.6. The van der Waals surface area contributed by atoms with Gasteiger partial charge in [0.25, 0.3) is 0 Å². The molecule has 0 aliphatic carbocycles. The van der Waals surface area contributed by atoms with Crippen LogP contribution in [0.2, 0.25) is 0 Å². The number of benzene rings is 1. The first-order valence-electron chi connectivity index (χ1n) is 14.3. The van der Waals surface area contributed by atoms with E-state index in [0.717, 1.165) is 51.1 Å². The maximum absolute atomic E-state index is 12.6. The Morgan fingerprint density at radius 3 is 2.42 bits per heavy atom. The van der Waals surface area contributed by atoms with Crippen LogP contribution < -0.4 is 10.2 Å². The van der Waals surface area contributed by atoms with E-state index in [1.807, 2.05) is 0 Å². The number of anilines is 1. The average Bonchev–Trinajstić information content (AvgIpc) is 2.89. The molecule has 1 aromatic carbocycles. The number of piperazine rings is 1. The van der Waals surface area contributed by atoms with Gasteiger partial charge in [-0.05, 0) is 88.2 Å². The summed E-state index contributed by atoms with van der Waals surface area (Å²) < 4.78 is 0. The van der Waals surface area contributed by atoms with Gasteiger partial charge in [-0.1, -0.05) is 12.1 Å². The van der Waals surface area contributed by atoms with Gasteiger partial charge in [0.05, 0.1) is 0 Å². The van der Waals surface area contributed by atoms with Crippen LogP contribution in [-0.4, -0.2) is 91.5 Å². The van der Waals surface area contributed by atoms with Crippen LogP contribution in [-0.2, 0) is 16.1 Å². The SMILES string of the molecule is CC(=O)N1C[C@@H]2CCCN3CCC[C@@H]([C@H]23)[C@H]1CCCC(=O)NCc1ccc(N2CCN(C)CC2)cc1. The molecule has 0 bridgehead atoms. The van der Waals surface area contributed by atoms with Crippen molar-refractivity contribution >= 4 is 17.5 Å². The number of hydrogen-bond donors (Lipinski definition) is 1. The monoisotopic (exact) mass is 495 g/mol. The van der Waals surface area contributed by atoms with E-state index in [-0.39, 0.29) is 11.8 Å². The molecule has 0 radical (unpaired) electrons. The lowest BCUT2D eigenvalue weighted by atomic mass is 9.69. The van der Waals surface area contributed by atoms with Crippen molar-refractivity contribution in [2.24, 2.45) is 11.8 Å². The molecule has 0 saturated carbocycles. The van der Waals surface area contributed by atoms with E-state index in [9.17, 15) is 9.59 Å². The lowest BCUT2D eigenvalue weighted by Gasteiger charge is -2.57. The Kier molecular flexibility index (Phi) is 8.16. The first-order valence-corrected chi connectivity index (χ1v) is 14.3. The predicted octanol–water partition coefficient (Wildman–Crippen LogP) is 2.95. The Hall–Kier alpha value is -2.12. The molecule has 2 amide bonds. The number of likely N-dealkylation sites (tertiary alicyclic amines) is 1. The fourth-order valence-corrected chi connectivity index (χ4v) is 7.38. The number of likely N-dealkylation sites (N-methyl/N-ethyl adjacent to an activating group) is 1. The quantitative estimate of drug-likeness (QED) is 0.630. The summed E-state index contributed by atoms with van der Waals surface area (Å²) in [6, 6.07) is 9.57. The van der Waals surface area contributed by atoms with Crippen LogP contribution in [0, 0.1) is 11.8 Å². The molecule has 4 saturated heterocycles. The molecule has 0 aromatic heterocycles. The standard InChI is InChI=1S/C29H45N5O2/c1-22(35)34-21-24-6-4-14-33-15-5-7-26(29(24)33)27(34)8-3-9-28(36)30-20-23-10-12-25(13-11-23)32-18-16-31(2)17-19-32/h10-13,24,26-27,29H,3-9,14-21H2,1-2H3,(H,30,36)/t24-,26+,27+,29-/m0/s1. The highest BCUT2D eigenvalue weighted by Gasteiger charge is 2.48. The number of carbonyl (C=O) groups excluding carboxylic acids is 2. The van der Waals surface area contributed by atoms with Gasteiger partial charge >= 0.3 is 0 Å². The number of piperidine rings is 3. The molecular formula is C29H45N5O2. The van der Waals surface area contributed by atoms with Crippen molar-refractivity contribution in [3.05, 3.63) is 29.8 Å². The Labute approximate surface area is 217 Å². The topological polar surface area (TPSA) is 59.1 Å². The third-order valence-corrected chi connectivity index (χ3v) is 9.27. The molecule has 4 aliphatic heterocycles. The molecular weight excluding hydrogens is 450 g/mol. The minimum absolute atomic E-state index is 0.115. The van der Waals surface area contributed by atoms with Crippen LogP contribution in [0.25, 0.3) is 0 Å². The van der Waals surface area contributed by atoms with E-state index in [1.165, 1.54) is 44.5 Å². The van der Waals surface area contributed by atoms with Crippen LogP contribution >= 0.6 is 0 Å². The number of nitrogens with one attached hydrogen (secondary N) is 1. The summed E-state index contributed by atoms with van der Waals surface area (Å²) in [7, 11) is 2.17. The maximum atomic E-state index is 12.6. The zero-order chi connectivity index (χ0) is 25.1. The number of nitrogens with zero attached hydrogens (tertiary/aromatic N) is 4. The Balaban J connectivity index is 1.09. The summed E-state index contributed by atoms with van der Waals surface area (Å²) in [4.78, 5) is 34.9. The summed E-state index contributed by atoms with van der Waals surface area (Å²) in [6.45, 7) is 10.0. The van der Waals surface area contributed by atoms with Crippen molar-refractivity contribution in [3.63, 3.8) is 0 Å². The first-order chi connectivity index (χ1) is 17.5. The van der Waals surface area contributed by atoms with Crippen LogP contribution in [0.5, 0.6) is 0 Å². The van der Waals surface area contributed by atoms with Gasteiger partial charge in [0.15, 0.2) is 0 Å². The fraction of sp³-hybridized carbons (Fsp3) is 0.724. The number of carbonyl (C=O) groups is 2. The number of rotatable bonds is 7. The summed E-state index contributed by atoms with van der Waals surface area (Å²) in [5.41, 5.74) is 2.41. The maximum Gasteiger partial charge on any atom is 0.220 e. The van der Waals surface area contributed by atoms with E-state index in [2.05, 4.69) is 56.2 Å². The van der Waals surface area contributed by atoms with Crippen LogP contribution in [0.3, 0.4) is 0 Å². The smallest absolute Gasteiger partial charge is 0.220 e. The molecule has 4 aliphatic rings. The first kappa shape index (κ1) is 25.5. The van der Waals surface area contributed by atoms with Crippen molar-refractivity contribution < 1.29 is 9.59 Å². The summed E-state index contributed by atoms with van der Waals surface area (Å²) in [5, 5.41) is 3.12. The lowest BCUT2D eigenvalue weighted by Crippen LogP contribution is -2.65. The van der Waals surface area contributed by atoms with E-state index < -0.39 is 0 Å². The lowest BCUT2D eigenvalue weighted by molar-refractivity contribution is -0.144. The number of amides is 2. The summed E-state index contributed by atoms with van der Waals surface area (Å²) in [5.74, 6) is 1.54. The van der Waals surface area contributed by atoms with Crippen molar-refractivity contribution in [2.45, 2.75) is 70.5 Å². The minimum Gasteiger partial charge on any atom is -0.369 e. The Bertz CT molecular complexity index is 895. The van der Waals surface area contributed by atoms with E-state index in [0.29, 0.717) is 36.9 Å². The van der Waals surface area contributed by atoms with E-state index in [4.69, 9.17) is 0 Å². The highest BCUT2D eigenvalue weighted by molar-refractivity contribution is 5.76. The highest BCUT2D eigenvalue weighted by atomic mass is 16.2. The van der Waals surface area contributed by atoms with Crippen LogP contribution in [0.15, 0.2) is 24.3 Å². The molecule has 4 atom stereocenters. The molecule has 0 unspecified atom stereocenters. The second-order valence-electron chi connectivity index (χ2n) is 11.6. The zero-order valence-electron chi connectivity index (χ0n) is 22.3. The third kappa shape index (κ3) is 5.72. The normalized spacial score (nSPS) is 29.1. The van der Waals surface area contributed by atoms with Gasteiger partial charge in [-0.3, -0.25) is 14.5 Å². The molecule has 4 fully saturated rings. The molecule has 1 aromatic rings. The second kappa shape index (κ2) is 11.5. The summed E-state index contributed by atoms with van der Waals surface area (Å²) in [6.07, 6.45) is 7.31. The Morgan fingerprint density at radius 1 is 0.972 bits per heavy atom. The third-order valence-electron chi connectivity index (χ3n) is 9.27. The van der Waals surface area contributed by atoms with Gasteiger partial charge in [-0.25, -0.2) is 0 Å². The fourth-order valence-electron chi connectivity index (χ4n) is 7.38. The minimum atomic E-state index is 0.115. The van der Waals surface area contributed by atoms with Crippen LogP contribution in [0.1, 0.15) is 57.4 Å². The van der Waals surface area contributed by atoms with Gasteiger partial charge in [0.2, 0.25) is 11.8 Å². The molecule has 4 heterocycles. The molecule has 7 heteroatoms. The van der Waals surface area contributed by atoms with Gasteiger partial charge < -0.3 is 20.0 Å². The largest absolute Gasteiger partial charge is 0.369 e. The van der Waals surface area contributed by atoms with Gasteiger partial charge in [-0.15, -0.1) is 0 Å². The van der Waals surface area contributed by atoms with Gasteiger partial charge in [0, 0.05) is 70.4 Å². The van der Waals surface area contributed by atoms with Gasteiger partial charge in [-0.2, -0.15) is 0 Å². The van der Waals surface area contributed by atoms with Crippen LogP contribution in [0.4, 0.5) is 5.69 Å². The Morgan fingerprint density at radius 2 is 1.69 bits per heavy atom. The summed E-state index contributed by atoms with van der Waals surface area (Å²) >= 11 is 0. The van der Waals surface area contributed by atoms with Crippen molar-refractivity contribution in [2.75, 3.05) is 57.8 Å². The molecule has 0 spiro atoms. The molecule has 5 rings (SSSR count). The van der Waals surface area contributed by atoms with E-state index in [1.54, 1.807) is 6.92 Å². The van der Waals surface area contributed by atoms with Crippen molar-refractivity contribution in [1.29, 1.82) is 0 Å².